The van der Waals surface area contributed by atoms with Crippen LogP contribution in [0.2, 0.25) is 0 Å². The summed E-state index contributed by atoms with van der Waals surface area (Å²) in [6.07, 6.45) is 1.83. The van der Waals surface area contributed by atoms with Crippen LogP contribution in [0.25, 0.3) is 10.9 Å². The first kappa shape index (κ1) is 13.1. The number of aromatic nitrogens is 2. The highest BCUT2D eigenvalue weighted by atomic mass is 16.7. The summed E-state index contributed by atoms with van der Waals surface area (Å²) >= 11 is 0. The maximum Gasteiger partial charge on any atom is 0.330 e. The Morgan fingerprint density at radius 1 is 1.40 bits per heavy atom. The molecule has 1 saturated heterocycles. The number of hydrogen-bond acceptors (Lipinski definition) is 4. The molecular formula is C15H19N3O2. The van der Waals surface area contributed by atoms with Crippen molar-refractivity contribution in [3.8, 4) is 0 Å². The van der Waals surface area contributed by atoms with Crippen molar-refractivity contribution in [2.45, 2.75) is 26.7 Å². The molecule has 5 heteroatoms. The van der Waals surface area contributed by atoms with Gasteiger partial charge in [0.2, 0.25) is 0 Å². The highest BCUT2D eigenvalue weighted by Gasteiger charge is 2.34. The third-order valence-electron chi connectivity index (χ3n) is 3.61. The Hall–Kier alpha value is -1.88. The summed E-state index contributed by atoms with van der Waals surface area (Å²) in [7, 11) is 0. The van der Waals surface area contributed by atoms with E-state index < -0.39 is 5.41 Å². The van der Waals surface area contributed by atoms with E-state index in [1.54, 1.807) is 5.06 Å². The minimum atomic E-state index is -0.458. The van der Waals surface area contributed by atoms with Gasteiger partial charge < -0.3 is 4.84 Å². The van der Waals surface area contributed by atoms with E-state index in [0.717, 1.165) is 24.0 Å². The molecule has 0 atom stereocenters. The van der Waals surface area contributed by atoms with Crippen molar-refractivity contribution in [2.24, 2.45) is 5.41 Å². The molecule has 1 aliphatic rings. The lowest BCUT2D eigenvalue weighted by molar-refractivity contribution is -0.220. The van der Waals surface area contributed by atoms with E-state index in [-0.39, 0.29) is 5.97 Å². The molecule has 5 nitrogen and oxygen atoms in total. The van der Waals surface area contributed by atoms with E-state index in [0.29, 0.717) is 5.92 Å². The zero-order chi connectivity index (χ0) is 14.3. The lowest BCUT2D eigenvalue weighted by Crippen LogP contribution is -2.47. The number of H-pyrrole nitrogens is 1. The van der Waals surface area contributed by atoms with Gasteiger partial charge in [0.15, 0.2) is 0 Å². The lowest BCUT2D eigenvalue weighted by atomic mass is 9.92. The molecule has 1 aromatic heterocycles. The van der Waals surface area contributed by atoms with Gasteiger partial charge in [-0.3, -0.25) is 5.10 Å². The van der Waals surface area contributed by atoms with Crippen molar-refractivity contribution in [1.29, 1.82) is 0 Å². The van der Waals surface area contributed by atoms with Gasteiger partial charge in [0.05, 0.1) is 17.1 Å². The van der Waals surface area contributed by atoms with Crippen LogP contribution in [-0.2, 0) is 9.63 Å². The molecule has 0 amide bonds. The van der Waals surface area contributed by atoms with E-state index >= 15 is 0 Å². The standard InChI is InChI=1S/C15H19N3O2/c1-15(2,3)14(19)20-18-8-12(9-18)10-4-5-13-11(6-10)7-16-17-13/h4-7,12H,8-9H2,1-3H3,(H,16,17). The predicted octanol–water partition coefficient (Wildman–Crippen LogP) is 2.47. The Labute approximate surface area is 117 Å². The number of carbonyl (C=O) groups is 1. The van der Waals surface area contributed by atoms with Crippen molar-refractivity contribution >= 4 is 16.9 Å². The van der Waals surface area contributed by atoms with E-state index in [9.17, 15) is 4.79 Å². The number of hydrogen-bond donors (Lipinski definition) is 1. The zero-order valence-corrected chi connectivity index (χ0v) is 12.0. The Morgan fingerprint density at radius 2 is 2.15 bits per heavy atom. The average molecular weight is 273 g/mol. The van der Waals surface area contributed by atoms with Gasteiger partial charge in [0, 0.05) is 24.4 Å². The molecular weight excluding hydrogens is 254 g/mol. The third kappa shape index (κ3) is 2.41. The maximum atomic E-state index is 11.8. The molecule has 20 heavy (non-hydrogen) atoms. The molecule has 106 valence electrons. The van der Waals surface area contributed by atoms with Crippen molar-refractivity contribution in [1.82, 2.24) is 15.3 Å². The van der Waals surface area contributed by atoms with Gasteiger partial charge in [-0.2, -0.15) is 5.10 Å². The minimum Gasteiger partial charge on any atom is -0.367 e. The van der Waals surface area contributed by atoms with Gasteiger partial charge in [-0.05, 0) is 38.5 Å². The van der Waals surface area contributed by atoms with Crippen molar-refractivity contribution in [3.63, 3.8) is 0 Å². The quantitative estimate of drug-likeness (QED) is 0.913. The SMILES string of the molecule is CC(C)(C)C(=O)ON1CC(c2ccc3[nH]ncc3c2)C1. The first-order valence-electron chi connectivity index (χ1n) is 6.84. The monoisotopic (exact) mass is 273 g/mol. The smallest absolute Gasteiger partial charge is 0.330 e. The van der Waals surface area contributed by atoms with Gasteiger partial charge in [0.1, 0.15) is 0 Å². The Bertz CT molecular complexity index is 636. The summed E-state index contributed by atoms with van der Waals surface area (Å²) in [5.41, 5.74) is 1.85. The number of fused-ring (bicyclic) bond motifs is 1. The highest BCUT2D eigenvalue weighted by Crippen LogP contribution is 2.30. The molecule has 0 aliphatic carbocycles. The molecule has 3 rings (SSSR count). The number of hydroxylamine groups is 2. The number of benzene rings is 1. The largest absolute Gasteiger partial charge is 0.367 e. The predicted molar refractivity (Wildman–Crippen MR) is 76.0 cm³/mol. The lowest BCUT2D eigenvalue weighted by Gasteiger charge is -2.38. The van der Waals surface area contributed by atoms with Crippen LogP contribution in [0.1, 0.15) is 32.3 Å². The third-order valence-corrected chi connectivity index (χ3v) is 3.61. The van der Waals surface area contributed by atoms with Gasteiger partial charge in [-0.25, -0.2) is 4.79 Å². The number of aromatic amines is 1. The minimum absolute atomic E-state index is 0.179. The Kier molecular flexibility index (Phi) is 3.01. The van der Waals surface area contributed by atoms with Gasteiger partial charge in [0.25, 0.3) is 0 Å². The number of nitrogens with zero attached hydrogens (tertiary/aromatic N) is 2. The molecule has 0 saturated carbocycles. The van der Waals surface area contributed by atoms with Crippen molar-refractivity contribution in [3.05, 3.63) is 30.0 Å². The van der Waals surface area contributed by atoms with Crippen LogP contribution >= 0.6 is 0 Å². The number of rotatable bonds is 2. The van der Waals surface area contributed by atoms with Crippen LogP contribution < -0.4 is 0 Å². The maximum absolute atomic E-state index is 11.8. The van der Waals surface area contributed by atoms with Crippen LogP contribution in [0.5, 0.6) is 0 Å². The summed E-state index contributed by atoms with van der Waals surface area (Å²) in [6.45, 7) is 7.09. The fourth-order valence-electron chi connectivity index (χ4n) is 2.19. The first-order chi connectivity index (χ1) is 9.43. The zero-order valence-electron chi connectivity index (χ0n) is 12.0. The van der Waals surface area contributed by atoms with Crippen LogP contribution in [0.4, 0.5) is 0 Å². The summed E-state index contributed by atoms with van der Waals surface area (Å²) in [4.78, 5) is 17.1. The van der Waals surface area contributed by atoms with Gasteiger partial charge in [-0.1, -0.05) is 6.07 Å². The van der Waals surface area contributed by atoms with Gasteiger partial charge in [-0.15, -0.1) is 5.06 Å². The molecule has 1 aliphatic heterocycles. The van der Waals surface area contributed by atoms with Gasteiger partial charge >= 0.3 is 5.97 Å². The molecule has 1 fully saturated rings. The molecule has 0 radical (unpaired) electrons. The molecule has 2 aromatic rings. The summed E-state index contributed by atoms with van der Waals surface area (Å²) < 4.78 is 0. The second kappa shape index (κ2) is 4.59. The molecule has 1 aromatic carbocycles. The van der Waals surface area contributed by atoms with E-state index in [1.807, 2.05) is 33.0 Å². The van der Waals surface area contributed by atoms with Crippen LogP contribution in [0, 0.1) is 5.41 Å². The Balaban J connectivity index is 1.61. The van der Waals surface area contributed by atoms with E-state index in [2.05, 4.69) is 22.3 Å². The van der Waals surface area contributed by atoms with Crippen LogP contribution in [0.3, 0.4) is 0 Å². The normalized spacial score (nSPS) is 17.1. The van der Waals surface area contributed by atoms with E-state index in [1.165, 1.54) is 5.56 Å². The van der Waals surface area contributed by atoms with Crippen LogP contribution in [0.15, 0.2) is 24.4 Å². The van der Waals surface area contributed by atoms with E-state index in [4.69, 9.17) is 4.84 Å². The number of nitrogens with one attached hydrogen (secondary N) is 1. The van der Waals surface area contributed by atoms with Crippen LogP contribution in [-0.4, -0.2) is 34.3 Å². The summed E-state index contributed by atoms with van der Waals surface area (Å²) in [5, 5.41) is 9.82. The average Bonchev–Trinajstić information content (AvgIpc) is 2.78. The second-order valence-electron chi connectivity index (χ2n) is 6.39. The van der Waals surface area contributed by atoms with Crippen molar-refractivity contribution in [2.75, 3.05) is 13.1 Å². The number of carbonyl (C=O) groups excluding carboxylic acids is 1. The molecule has 0 spiro atoms. The Morgan fingerprint density at radius 3 is 2.85 bits per heavy atom. The molecule has 2 heterocycles. The second-order valence-corrected chi connectivity index (χ2v) is 6.39. The first-order valence-corrected chi connectivity index (χ1v) is 6.84. The molecule has 0 bridgehead atoms. The molecule has 0 unspecified atom stereocenters. The topological polar surface area (TPSA) is 58.2 Å². The van der Waals surface area contributed by atoms with Crippen molar-refractivity contribution < 1.29 is 9.63 Å². The fraction of sp³-hybridized carbons (Fsp3) is 0.467. The summed E-state index contributed by atoms with van der Waals surface area (Å²) in [6, 6.07) is 6.29. The summed E-state index contributed by atoms with van der Waals surface area (Å²) in [5.74, 6) is 0.239. The highest BCUT2D eigenvalue weighted by molar-refractivity contribution is 5.78. The molecule has 1 N–H and O–H groups in total. The fourth-order valence-corrected chi connectivity index (χ4v) is 2.19.